The van der Waals surface area contributed by atoms with Crippen LogP contribution < -0.4 is 4.74 Å². The van der Waals surface area contributed by atoms with E-state index in [2.05, 4.69) is 4.90 Å². The van der Waals surface area contributed by atoms with E-state index in [1.54, 1.807) is 0 Å². The van der Waals surface area contributed by atoms with Crippen molar-refractivity contribution in [2.45, 2.75) is 45.1 Å². The number of piperazine rings is 1. The Balaban J connectivity index is 1.47. The molecule has 1 amide bonds. The molecular weight excluding hydrogens is 288 g/mol. The number of carbonyl (C=O) groups is 1. The van der Waals surface area contributed by atoms with Crippen LogP contribution in [0.4, 0.5) is 0 Å². The van der Waals surface area contributed by atoms with E-state index in [9.17, 15) is 4.79 Å². The summed E-state index contributed by atoms with van der Waals surface area (Å²) in [6.07, 6.45) is 5.94. The number of carbonyl (C=O) groups excluding carboxylic acids is 1. The predicted molar refractivity (Wildman–Crippen MR) is 91.7 cm³/mol. The van der Waals surface area contributed by atoms with Gasteiger partial charge in [0, 0.05) is 32.2 Å². The van der Waals surface area contributed by atoms with Gasteiger partial charge in [-0.25, -0.2) is 0 Å². The zero-order chi connectivity index (χ0) is 16.1. The maximum Gasteiger partial charge on any atom is 0.227 e. The number of hydrogen-bond donors (Lipinski definition) is 0. The lowest BCUT2D eigenvalue weighted by atomic mass is 10.1. The van der Waals surface area contributed by atoms with Crippen LogP contribution in [-0.2, 0) is 11.2 Å². The second-order valence-electron chi connectivity index (χ2n) is 6.61. The largest absolute Gasteiger partial charge is 0.494 e. The van der Waals surface area contributed by atoms with Gasteiger partial charge in [-0.05, 0) is 37.5 Å². The van der Waals surface area contributed by atoms with E-state index in [0.717, 1.165) is 43.5 Å². The fourth-order valence-electron chi connectivity index (χ4n) is 3.76. The van der Waals surface area contributed by atoms with E-state index in [4.69, 9.17) is 4.74 Å². The number of amides is 1. The smallest absolute Gasteiger partial charge is 0.227 e. The maximum atomic E-state index is 12.5. The van der Waals surface area contributed by atoms with Gasteiger partial charge in [0.2, 0.25) is 5.91 Å². The molecule has 4 heteroatoms. The molecule has 1 saturated heterocycles. The van der Waals surface area contributed by atoms with Crippen molar-refractivity contribution in [3.63, 3.8) is 0 Å². The lowest BCUT2D eigenvalue weighted by Gasteiger charge is -2.38. The summed E-state index contributed by atoms with van der Waals surface area (Å²) >= 11 is 0. The van der Waals surface area contributed by atoms with Crippen LogP contribution in [0.3, 0.4) is 0 Å². The number of benzene rings is 1. The van der Waals surface area contributed by atoms with Crippen LogP contribution in [-0.4, -0.2) is 54.5 Å². The predicted octanol–water partition coefficient (Wildman–Crippen LogP) is 2.71. The van der Waals surface area contributed by atoms with Gasteiger partial charge in [0.15, 0.2) is 0 Å². The molecule has 0 unspecified atom stereocenters. The Morgan fingerprint density at radius 1 is 1.09 bits per heavy atom. The minimum absolute atomic E-state index is 0.250. The average Bonchev–Trinajstić information content (AvgIpc) is 3.11. The molecule has 0 N–H and O–H groups in total. The minimum atomic E-state index is 0.250. The first-order valence-corrected chi connectivity index (χ1v) is 9.00. The molecule has 1 aromatic rings. The Kier molecular flexibility index (Phi) is 5.55. The summed E-state index contributed by atoms with van der Waals surface area (Å²) in [5.41, 5.74) is 1.07. The van der Waals surface area contributed by atoms with Gasteiger partial charge in [-0.2, -0.15) is 0 Å². The van der Waals surface area contributed by atoms with Crippen LogP contribution in [0, 0.1) is 0 Å². The number of rotatable bonds is 5. The van der Waals surface area contributed by atoms with Crippen molar-refractivity contribution in [3.05, 3.63) is 29.8 Å². The van der Waals surface area contributed by atoms with Gasteiger partial charge in [-0.1, -0.05) is 25.0 Å². The highest BCUT2D eigenvalue weighted by molar-refractivity contribution is 5.79. The van der Waals surface area contributed by atoms with Gasteiger partial charge >= 0.3 is 0 Å². The van der Waals surface area contributed by atoms with Crippen LogP contribution in [0.15, 0.2) is 24.3 Å². The van der Waals surface area contributed by atoms with Crippen molar-refractivity contribution < 1.29 is 9.53 Å². The molecule has 1 saturated carbocycles. The van der Waals surface area contributed by atoms with Gasteiger partial charge < -0.3 is 9.64 Å². The minimum Gasteiger partial charge on any atom is -0.494 e. The molecule has 126 valence electrons. The SMILES string of the molecule is CCOc1ccc(CC(=O)N2CCN(C3CCCC3)CC2)cc1. The second kappa shape index (κ2) is 7.82. The highest BCUT2D eigenvalue weighted by Crippen LogP contribution is 2.24. The van der Waals surface area contributed by atoms with Crippen molar-refractivity contribution in [3.8, 4) is 5.75 Å². The van der Waals surface area contributed by atoms with E-state index >= 15 is 0 Å². The van der Waals surface area contributed by atoms with Crippen LogP contribution in [0.5, 0.6) is 5.75 Å². The van der Waals surface area contributed by atoms with Crippen LogP contribution in [0.1, 0.15) is 38.2 Å². The standard InChI is InChI=1S/C19H28N2O2/c1-2-23-18-9-7-16(8-10-18)15-19(22)21-13-11-20(12-14-21)17-5-3-4-6-17/h7-10,17H,2-6,11-15H2,1H3. The Morgan fingerprint density at radius 2 is 1.74 bits per heavy atom. The van der Waals surface area contributed by atoms with Crippen molar-refractivity contribution >= 4 is 5.91 Å². The Morgan fingerprint density at radius 3 is 2.35 bits per heavy atom. The molecule has 4 nitrogen and oxygen atoms in total. The zero-order valence-corrected chi connectivity index (χ0v) is 14.2. The van der Waals surface area contributed by atoms with Crippen molar-refractivity contribution in [2.24, 2.45) is 0 Å². The van der Waals surface area contributed by atoms with E-state index in [0.29, 0.717) is 13.0 Å². The summed E-state index contributed by atoms with van der Waals surface area (Å²) in [5, 5.41) is 0. The lowest BCUT2D eigenvalue weighted by Crippen LogP contribution is -2.51. The van der Waals surface area contributed by atoms with Gasteiger partial charge in [-0.15, -0.1) is 0 Å². The number of ether oxygens (including phenoxy) is 1. The molecule has 2 fully saturated rings. The molecule has 3 rings (SSSR count). The third-order valence-electron chi connectivity index (χ3n) is 5.10. The van der Waals surface area contributed by atoms with E-state index in [1.165, 1.54) is 25.7 Å². The van der Waals surface area contributed by atoms with Crippen LogP contribution in [0.2, 0.25) is 0 Å². The molecule has 1 aromatic carbocycles. The highest BCUT2D eigenvalue weighted by atomic mass is 16.5. The number of hydrogen-bond acceptors (Lipinski definition) is 3. The van der Waals surface area contributed by atoms with Gasteiger partial charge in [0.05, 0.1) is 13.0 Å². The first-order valence-electron chi connectivity index (χ1n) is 9.00. The maximum absolute atomic E-state index is 12.5. The quantitative estimate of drug-likeness (QED) is 0.837. The molecule has 1 aliphatic carbocycles. The third kappa shape index (κ3) is 4.25. The lowest BCUT2D eigenvalue weighted by molar-refractivity contribution is -0.132. The molecule has 0 radical (unpaired) electrons. The third-order valence-corrected chi connectivity index (χ3v) is 5.10. The van der Waals surface area contributed by atoms with Gasteiger partial charge in [-0.3, -0.25) is 9.69 Å². The molecule has 0 atom stereocenters. The van der Waals surface area contributed by atoms with Crippen molar-refractivity contribution in [2.75, 3.05) is 32.8 Å². The Labute approximate surface area is 139 Å². The summed E-state index contributed by atoms with van der Waals surface area (Å²) < 4.78 is 5.44. The zero-order valence-electron chi connectivity index (χ0n) is 14.2. The number of nitrogens with zero attached hydrogens (tertiary/aromatic N) is 2. The molecule has 1 heterocycles. The normalized spacial score (nSPS) is 20.0. The fourth-order valence-corrected chi connectivity index (χ4v) is 3.76. The first-order chi connectivity index (χ1) is 11.3. The summed E-state index contributed by atoms with van der Waals surface area (Å²) in [6.45, 7) is 6.49. The Hall–Kier alpha value is -1.55. The monoisotopic (exact) mass is 316 g/mol. The molecular formula is C19H28N2O2. The highest BCUT2D eigenvalue weighted by Gasteiger charge is 2.27. The Bertz CT molecular complexity index is 501. The summed E-state index contributed by atoms with van der Waals surface area (Å²) in [4.78, 5) is 17.1. The topological polar surface area (TPSA) is 32.8 Å². The molecule has 1 aliphatic heterocycles. The van der Waals surface area contributed by atoms with E-state index in [-0.39, 0.29) is 5.91 Å². The van der Waals surface area contributed by atoms with E-state index in [1.807, 2.05) is 36.1 Å². The second-order valence-corrected chi connectivity index (χ2v) is 6.61. The molecule has 23 heavy (non-hydrogen) atoms. The fraction of sp³-hybridized carbons (Fsp3) is 0.632. The van der Waals surface area contributed by atoms with Gasteiger partial charge in [0.1, 0.15) is 5.75 Å². The molecule has 2 aliphatic rings. The summed E-state index contributed by atoms with van der Waals surface area (Å²) in [5.74, 6) is 1.12. The van der Waals surface area contributed by atoms with E-state index < -0.39 is 0 Å². The molecule has 0 aromatic heterocycles. The average molecular weight is 316 g/mol. The van der Waals surface area contributed by atoms with Gasteiger partial charge in [0.25, 0.3) is 0 Å². The summed E-state index contributed by atoms with van der Waals surface area (Å²) in [7, 11) is 0. The summed E-state index contributed by atoms with van der Waals surface area (Å²) in [6, 6.07) is 8.67. The first kappa shape index (κ1) is 16.3. The van der Waals surface area contributed by atoms with Crippen LogP contribution in [0.25, 0.3) is 0 Å². The van der Waals surface area contributed by atoms with Crippen molar-refractivity contribution in [1.29, 1.82) is 0 Å². The molecule has 0 spiro atoms. The van der Waals surface area contributed by atoms with Crippen molar-refractivity contribution in [1.82, 2.24) is 9.80 Å². The molecule has 0 bridgehead atoms. The van der Waals surface area contributed by atoms with Crippen LogP contribution >= 0.6 is 0 Å².